The molecule has 1 aliphatic heterocycles. The Labute approximate surface area is 83.8 Å². The third kappa shape index (κ3) is 3.01. The zero-order valence-electron chi connectivity index (χ0n) is 7.91. The van der Waals surface area contributed by atoms with Crippen LogP contribution in [0.2, 0.25) is 0 Å². The summed E-state index contributed by atoms with van der Waals surface area (Å²) in [4.78, 5) is 0. The van der Waals surface area contributed by atoms with Crippen molar-refractivity contribution >= 4 is 0 Å². The van der Waals surface area contributed by atoms with Gasteiger partial charge < -0.3 is 10.1 Å². The molecular formula is C8H12F5NO. The van der Waals surface area contributed by atoms with E-state index in [2.05, 4.69) is 10.1 Å². The van der Waals surface area contributed by atoms with E-state index in [-0.39, 0.29) is 25.9 Å². The van der Waals surface area contributed by atoms with Gasteiger partial charge in [0.15, 0.2) is 5.60 Å². The Balaban J connectivity index is 2.67. The maximum Gasteiger partial charge on any atom is 0.417 e. The summed E-state index contributed by atoms with van der Waals surface area (Å²) in [6.07, 6.45) is -8.10. The molecule has 7 heteroatoms. The van der Waals surface area contributed by atoms with Crippen LogP contribution in [-0.4, -0.2) is 37.9 Å². The van der Waals surface area contributed by atoms with E-state index in [1.54, 1.807) is 0 Å². The Hall–Kier alpha value is -0.430. The molecule has 1 rings (SSSR count). The van der Waals surface area contributed by atoms with Gasteiger partial charge in [-0.1, -0.05) is 0 Å². The van der Waals surface area contributed by atoms with Gasteiger partial charge in [-0.3, -0.25) is 0 Å². The molecule has 1 N–H and O–H groups in total. The smallest absolute Gasteiger partial charge is 0.360 e. The molecule has 0 atom stereocenters. The Morgan fingerprint density at radius 2 is 1.73 bits per heavy atom. The lowest BCUT2D eigenvalue weighted by Crippen LogP contribution is -2.54. The lowest BCUT2D eigenvalue weighted by Gasteiger charge is -2.38. The Bertz CT molecular complexity index is 200. The van der Waals surface area contributed by atoms with Gasteiger partial charge in [-0.25, -0.2) is 8.78 Å². The van der Waals surface area contributed by atoms with Gasteiger partial charge in [-0.2, -0.15) is 13.2 Å². The van der Waals surface area contributed by atoms with E-state index in [9.17, 15) is 22.0 Å². The zero-order valence-corrected chi connectivity index (χ0v) is 7.91. The van der Waals surface area contributed by atoms with Crippen molar-refractivity contribution in [2.75, 3.05) is 19.7 Å². The lowest BCUT2D eigenvalue weighted by molar-refractivity contribution is -0.291. The first-order valence-corrected chi connectivity index (χ1v) is 4.57. The second-order valence-corrected chi connectivity index (χ2v) is 3.44. The molecule has 2 nitrogen and oxygen atoms in total. The van der Waals surface area contributed by atoms with Crippen LogP contribution in [0, 0.1) is 0 Å². The predicted molar refractivity (Wildman–Crippen MR) is 42.8 cm³/mol. The van der Waals surface area contributed by atoms with E-state index in [0.717, 1.165) is 0 Å². The topological polar surface area (TPSA) is 21.3 Å². The Kier molecular flexibility index (Phi) is 3.88. The third-order valence-electron chi connectivity index (χ3n) is 2.41. The number of piperidine rings is 1. The standard InChI is InChI=1S/C8H12F5NO/c9-6(10)5-15-7(8(11,12)13)1-3-14-4-2-7/h6,14H,1-5H2. The van der Waals surface area contributed by atoms with Crippen molar-refractivity contribution in [3.63, 3.8) is 0 Å². The van der Waals surface area contributed by atoms with Crippen LogP contribution in [0.4, 0.5) is 22.0 Å². The third-order valence-corrected chi connectivity index (χ3v) is 2.41. The summed E-state index contributed by atoms with van der Waals surface area (Å²) < 4.78 is 66.0. The van der Waals surface area contributed by atoms with Crippen LogP contribution in [0.5, 0.6) is 0 Å². The van der Waals surface area contributed by atoms with Gasteiger partial charge >= 0.3 is 6.18 Å². The fourth-order valence-corrected chi connectivity index (χ4v) is 1.56. The molecular weight excluding hydrogens is 221 g/mol. The molecule has 0 saturated carbocycles. The summed E-state index contributed by atoms with van der Waals surface area (Å²) in [5, 5.41) is 2.73. The molecule has 90 valence electrons. The van der Waals surface area contributed by atoms with E-state index < -0.39 is 24.8 Å². The highest BCUT2D eigenvalue weighted by Gasteiger charge is 2.56. The van der Waals surface area contributed by atoms with Gasteiger partial charge in [0.25, 0.3) is 6.43 Å². The first kappa shape index (κ1) is 12.6. The van der Waals surface area contributed by atoms with Crippen molar-refractivity contribution in [1.29, 1.82) is 0 Å². The number of alkyl halides is 5. The molecule has 1 aliphatic rings. The van der Waals surface area contributed by atoms with Crippen molar-refractivity contribution in [1.82, 2.24) is 5.32 Å². The molecule has 0 radical (unpaired) electrons. The summed E-state index contributed by atoms with van der Waals surface area (Å²) in [7, 11) is 0. The molecule has 1 fully saturated rings. The Morgan fingerprint density at radius 1 is 1.20 bits per heavy atom. The van der Waals surface area contributed by atoms with Crippen LogP contribution in [-0.2, 0) is 4.74 Å². The first-order chi connectivity index (χ1) is 6.87. The van der Waals surface area contributed by atoms with E-state index in [0.29, 0.717) is 0 Å². The minimum atomic E-state index is -4.59. The van der Waals surface area contributed by atoms with Gasteiger partial charge in [-0.05, 0) is 25.9 Å². The summed E-state index contributed by atoms with van der Waals surface area (Å²) in [5.74, 6) is 0. The van der Waals surface area contributed by atoms with Crippen LogP contribution < -0.4 is 5.32 Å². The normalized spacial score (nSPS) is 22.0. The van der Waals surface area contributed by atoms with Crippen molar-refractivity contribution < 1.29 is 26.7 Å². The number of hydrogen-bond acceptors (Lipinski definition) is 2. The lowest BCUT2D eigenvalue weighted by atomic mass is 9.91. The van der Waals surface area contributed by atoms with Crippen molar-refractivity contribution in [2.45, 2.75) is 31.0 Å². The van der Waals surface area contributed by atoms with Gasteiger partial charge in [0, 0.05) is 0 Å². The molecule has 0 bridgehead atoms. The highest BCUT2D eigenvalue weighted by Crippen LogP contribution is 2.40. The minimum absolute atomic E-state index is 0.128. The number of hydrogen-bond donors (Lipinski definition) is 1. The minimum Gasteiger partial charge on any atom is -0.360 e. The summed E-state index contributed by atoms with van der Waals surface area (Å²) in [6.45, 7) is -0.912. The van der Waals surface area contributed by atoms with Crippen molar-refractivity contribution in [3.8, 4) is 0 Å². The molecule has 0 unspecified atom stereocenters. The second kappa shape index (κ2) is 4.61. The Morgan fingerprint density at radius 3 is 2.13 bits per heavy atom. The number of halogens is 5. The van der Waals surface area contributed by atoms with Crippen molar-refractivity contribution in [3.05, 3.63) is 0 Å². The quantitative estimate of drug-likeness (QED) is 0.752. The fraction of sp³-hybridized carbons (Fsp3) is 1.00. The van der Waals surface area contributed by atoms with Crippen LogP contribution in [0.15, 0.2) is 0 Å². The van der Waals surface area contributed by atoms with Crippen LogP contribution in [0.25, 0.3) is 0 Å². The second-order valence-electron chi connectivity index (χ2n) is 3.44. The van der Waals surface area contributed by atoms with Crippen LogP contribution in [0.3, 0.4) is 0 Å². The summed E-state index contributed by atoms with van der Waals surface area (Å²) in [6, 6.07) is 0. The molecule has 0 amide bonds. The fourth-order valence-electron chi connectivity index (χ4n) is 1.56. The maximum atomic E-state index is 12.6. The highest BCUT2D eigenvalue weighted by atomic mass is 19.4. The van der Waals surface area contributed by atoms with E-state index in [1.165, 1.54) is 0 Å². The molecule has 0 aromatic rings. The SMILES string of the molecule is FC(F)COC1(C(F)(F)F)CCNCC1. The summed E-state index contributed by atoms with van der Waals surface area (Å²) >= 11 is 0. The average molecular weight is 233 g/mol. The first-order valence-electron chi connectivity index (χ1n) is 4.57. The average Bonchev–Trinajstić information content (AvgIpc) is 2.14. The van der Waals surface area contributed by atoms with E-state index in [4.69, 9.17) is 0 Å². The number of ether oxygens (including phenoxy) is 1. The van der Waals surface area contributed by atoms with Crippen LogP contribution >= 0.6 is 0 Å². The van der Waals surface area contributed by atoms with Crippen LogP contribution in [0.1, 0.15) is 12.8 Å². The van der Waals surface area contributed by atoms with Gasteiger partial charge in [-0.15, -0.1) is 0 Å². The molecule has 1 saturated heterocycles. The molecule has 0 aromatic carbocycles. The monoisotopic (exact) mass is 233 g/mol. The molecule has 0 aromatic heterocycles. The predicted octanol–water partition coefficient (Wildman–Crippen LogP) is 1.95. The van der Waals surface area contributed by atoms with Gasteiger partial charge in [0.1, 0.15) is 6.61 Å². The van der Waals surface area contributed by atoms with Gasteiger partial charge in [0.2, 0.25) is 0 Å². The molecule has 1 heterocycles. The molecule has 15 heavy (non-hydrogen) atoms. The number of rotatable bonds is 3. The largest absolute Gasteiger partial charge is 0.417 e. The van der Waals surface area contributed by atoms with Gasteiger partial charge in [0.05, 0.1) is 0 Å². The zero-order chi connectivity index (χ0) is 11.5. The summed E-state index contributed by atoms with van der Waals surface area (Å²) in [5.41, 5.74) is -2.39. The molecule has 0 aliphatic carbocycles. The number of nitrogens with one attached hydrogen (secondary N) is 1. The maximum absolute atomic E-state index is 12.6. The molecule has 0 spiro atoms. The van der Waals surface area contributed by atoms with Crippen molar-refractivity contribution in [2.24, 2.45) is 0 Å². The highest BCUT2D eigenvalue weighted by molar-refractivity contribution is 4.93. The van der Waals surface area contributed by atoms with E-state index in [1.807, 2.05) is 0 Å². The van der Waals surface area contributed by atoms with E-state index >= 15 is 0 Å².